The Morgan fingerprint density at radius 3 is 2.19 bits per heavy atom. The van der Waals surface area contributed by atoms with E-state index in [0.29, 0.717) is 11.0 Å². The second kappa shape index (κ2) is 4.34. The molecule has 0 saturated carbocycles. The van der Waals surface area contributed by atoms with E-state index in [1.807, 2.05) is 13.8 Å². The maximum absolute atomic E-state index is 11.6. The minimum atomic E-state index is -0.358. The Hall–Kier alpha value is -1.85. The fourth-order valence-corrected chi connectivity index (χ4v) is 1.45. The predicted molar refractivity (Wildman–Crippen MR) is 62.5 cm³/mol. The standard InChI is InChI=1S/C8H10N4O2.C2H6/c1-10-4-5-6(9-10)7(13)12(3)8(14)11(5)2;1-2/h4H,1-3H3;1-2H3. The SMILES string of the molecule is CC.Cn1cc2c(n1)c(=O)n(C)c(=O)n2C. The Morgan fingerprint density at radius 2 is 1.62 bits per heavy atom. The van der Waals surface area contributed by atoms with Crippen molar-refractivity contribution >= 4 is 11.0 Å². The molecule has 0 fully saturated rings. The molecule has 2 aromatic rings. The van der Waals surface area contributed by atoms with E-state index in [4.69, 9.17) is 0 Å². The van der Waals surface area contributed by atoms with Crippen LogP contribution in [0.3, 0.4) is 0 Å². The molecule has 0 unspecified atom stereocenters. The molecule has 2 rings (SSSR count). The van der Waals surface area contributed by atoms with E-state index in [9.17, 15) is 9.59 Å². The molecule has 0 spiro atoms. The minimum absolute atomic E-state index is 0.317. The number of hydrogen-bond donors (Lipinski definition) is 0. The number of hydrogen-bond acceptors (Lipinski definition) is 3. The third-order valence-electron chi connectivity index (χ3n) is 2.25. The van der Waals surface area contributed by atoms with Gasteiger partial charge < -0.3 is 0 Å². The van der Waals surface area contributed by atoms with Crippen molar-refractivity contribution in [2.45, 2.75) is 13.8 Å². The van der Waals surface area contributed by atoms with Gasteiger partial charge in [0.15, 0.2) is 5.52 Å². The summed E-state index contributed by atoms with van der Waals surface area (Å²) in [7, 11) is 4.77. The molecule has 0 radical (unpaired) electrons. The van der Waals surface area contributed by atoms with Gasteiger partial charge in [-0.1, -0.05) is 13.8 Å². The van der Waals surface area contributed by atoms with Crippen LogP contribution in [0.4, 0.5) is 0 Å². The van der Waals surface area contributed by atoms with Gasteiger partial charge >= 0.3 is 5.69 Å². The van der Waals surface area contributed by atoms with Gasteiger partial charge in [0, 0.05) is 27.3 Å². The van der Waals surface area contributed by atoms with Crippen molar-refractivity contribution in [1.29, 1.82) is 0 Å². The van der Waals surface area contributed by atoms with Crippen molar-refractivity contribution in [3.05, 3.63) is 27.0 Å². The van der Waals surface area contributed by atoms with E-state index in [1.54, 1.807) is 20.3 Å². The highest BCUT2D eigenvalue weighted by Crippen LogP contribution is 2.02. The summed E-state index contributed by atoms with van der Waals surface area (Å²) >= 11 is 0. The molecule has 0 bridgehead atoms. The summed E-state index contributed by atoms with van der Waals surface area (Å²) in [5, 5.41) is 4.00. The molecule has 16 heavy (non-hydrogen) atoms. The van der Waals surface area contributed by atoms with Crippen LogP contribution in [0.25, 0.3) is 11.0 Å². The lowest BCUT2D eigenvalue weighted by Gasteiger charge is -2.00. The molecule has 0 N–H and O–H groups in total. The highest BCUT2D eigenvalue weighted by atomic mass is 16.2. The number of aromatic nitrogens is 4. The largest absolute Gasteiger partial charge is 0.331 e. The van der Waals surface area contributed by atoms with Crippen LogP contribution in [0.2, 0.25) is 0 Å². The monoisotopic (exact) mass is 224 g/mol. The maximum Gasteiger partial charge on any atom is 0.331 e. The highest BCUT2D eigenvalue weighted by Gasteiger charge is 2.10. The Morgan fingerprint density at radius 1 is 1.06 bits per heavy atom. The normalized spacial score (nSPS) is 10.1. The average Bonchev–Trinajstić information content (AvgIpc) is 2.68. The summed E-state index contributed by atoms with van der Waals surface area (Å²) in [6, 6.07) is 0. The lowest BCUT2D eigenvalue weighted by Crippen LogP contribution is -2.36. The molecule has 0 amide bonds. The van der Waals surface area contributed by atoms with Crippen LogP contribution in [0.1, 0.15) is 13.8 Å². The van der Waals surface area contributed by atoms with Gasteiger partial charge in [0.1, 0.15) is 0 Å². The van der Waals surface area contributed by atoms with E-state index < -0.39 is 0 Å². The molecule has 2 aromatic heterocycles. The summed E-state index contributed by atoms with van der Waals surface area (Å²) in [6.45, 7) is 4.00. The Labute approximate surface area is 92.7 Å². The smallest absolute Gasteiger partial charge is 0.293 e. The van der Waals surface area contributed by atoms with Gasteiger partial charge in [-0.25, -0.2) is 4.79 Å². The van der Waals surface area contributed by atoms with Crippen LogP contribution in [0.5, 0.6) is 0 Å². The van der Waals surface area contributed by atoms with Crippen LogP contribution < -0.4 is 11.2 Å². The van der Waals surface area contributed by atoms with Crippen molar-refractivity contribution < 1.29 is 0 Å². The zero-order valence-corrected chi connectivity index (χ0v) is 10.2. The molecule has 0 saturated heterocycles. The summed E-state index contributed by atoms with van der Waals surface area (Å²) in [6.07, 6.45) is 1.65. The first kappa shape index (κ1) is 12.2. The quantitative estimate of drug-likeness (QED) is 0.632. The molecule has 0 atom stereocenters. The first-order valence-electron chi connectivity index (χ1n) is 5.11. The molecular weight excluding hydrogens is 208 g/mol. The molecule has 88 valence electrons. The zero-order valence-electron chi connectivity index (χ0n) is 10.2. The number of aryl methyl sites for hydroxylation is 2. The van der Waals surface area contributed by atoms with Gasteiger partial charge in [0.2, 0.25) is 0 Å². The van der Waals surface area contributed by atoms with Gasteiger partial charge in [-0.3, -0.25) is 18.6 Å². The van der Waals surface area contributed by atoms with Gasteiger partial charge in [-0.15, -0.1) is 0 Å². The second-order valence-electron chi connectivity index (χ2n) is 3.24. The molecule has 6 heteroatoms. The average molecular weight is 224 g/mol. The van der Waals surface area contributed by atoms with E-state index in [1.165, 1.54) is 16.3 Å². The number of rotatable bonds is 0. The lowest BCUT2D eigenvalue weighted by atomic mass is 10.4. The van der Waals surface area contributed by atoms with Crippen molar-refractivity contribution in [3.63, 3.8) is 0 Å². The van der Waals surface area contributed by atoms with Crippen molar-refractivity contribution in [2.75, 3.05) is 0 Å². The van der Waals surface area contributed by atoms with Crippen molar-refractivity contribution in [1.82, 2.24) is 18.9 Å². The molecule has 0 aromatic carbocycles. The van der Waals surface area contributed by atoms with Gasteiger partial charge in [-0.05, 0) is 0 Å². The fourth-order valence-electron chi connectivity index (χ4n) is 1.45. The number of nitrogens with zero attached hydrogens (tertiary/aromatic N) is 4. The van der Waals surface area contributed by atoms with Crippen LogP contribution in [0, 0.1) is 0 Å². The third kappa shape index (κ3) is 1.66. The van der Waals surface area contributed by atoms with Crippen LogP contribution in [0.15, 0.2) is 15.8 Å². The molecule has 0 aliphatic heterocycles. The predicted octanol–water partition coefficient (Wildman–Crippen LogP) is -0.00310. The van der Waals surface area contributed by atoms with E-state index >= 15 is 0 Å². The lowest BCUT2D eigenvalue weighted by molar-refractivity contribution is 0.712. The summed E-state index contributed by atoms with van der Waals surface area (Å²) in [4.78, 5) is 23.1. The van der Waals surface area contributed by atoms with E-state index in [-0.39, 0.29) is 11.2 Å². The molecule has 6 nitrogen and oxygen atoms in total. The zero-order chi connectivity index (χ0) is 12.5. The van der Waals surface area contributed by atoms with Crippen LogP contribution >= 0.6 is 0 Å². The highest BCUT2D eigenvalue weighted by molar-refractivity contribution is 5.72. The summed E-state index contributed by atoms with van der Waals surface area (Å²) in [5.41, 5.74) is 0.178. The second-order valence-corrected chi connectivity index (χ2v) is 3.24. The van der Waals surface area contributed by atoms with E-state index in [0.717, 1.165) is 4.57 Å². The van der Waals surface area contributed by atoms with Crippen molar-refractivity contribution in [3.8, 4) is 0 Å². The first-order chi connectivity index (χ1) is 7.52. The Bertz CT molecular complexity index is 618. The molecule has 0 aliphatic carbocycles. The topological polar surface area (TPSA) is 61.8 Å². The molecular formula is C10H16N4O2. The summed E-state index contributed by atoms with van der Waals surface area (Å²) < 4.78 is 3.98. The van der Waals surface area contributed by atoms with Gasteiger partial charge in [0.25, 0.3) is 5.56 Å². The summed E-state index contributed by atoms with van der Waals surface area (Å²) in [5.74, 6) is 0. The maximum atomic E-state index is 11.6. The third-order valence-corrected chi connectivity index (χ3v) is 2.25. The van der Waals surface area contributed by atoms with Crippen molar-refractivity contribution in [2.24, 2.45) is 21.1 Å². The Balaban J connectivity index is 0.000000606. The number of fused-ring (bicyclic) bond motifs is 1. The first-order valence-corrected chi connectivity index (χ1v) is 5.11. The minimum Gasteiger partial charge on any atom is -0.293 e. The van der Waals surface area contributed by atoms with E-state index in [2.05, 4.69) is 5.10 Å². The van der Waals surface area contributed by atoms with Gasteiger partial charge in [0.05, 0.1) is 5.52 Å². The van der Waals surface area contributed by atoms with Crippen LogP contribution in [-0.4, -0.2) is 18.9 Å². The Kier molecular flexibility index (Phi) is 3.31. The van der Waals surface area contributed by atoms with Gasteiger partial charge in [-0.2, -0.15) is 5.10 Å². The molecule has 0 aliphatic rings. The van der Waals surface area contributed by atoms with Crippen LogP contribution in [-0.2, 0) is 21.1 Å². The fraction of sp³-hybridized carbons (Fsp3) is 0.500. The molecule has 2 heterocycles.